The molecule has 6 rings (SSSR count). The molecule has 0 saturated heterocycles. The lowest BCUT2D eigenvalue weighted by Gasteiger charge is -2.34. The highest BCUT2D eigenvalue weighted by atomic mass is 35.5. The number of pyridine rings is 1. The van der Waals surface area contributed by atoms with Crippen molar-refractivity contribution in [2.75, 3.05) is 10.6 Å². The second-order valence-electron chi connectivity index (χ2n) is 10.9. The summed E-state index contributed by atoms with van der Waals surface area (Å²) in [5.41, 5.74) is 11.9. The van der Waals surface area contributed by atoms with Gasteiger partial charge in [-0.2, -0.15) is 10.5 Å². The molecule has 1 fully saturated rings. The van der Waals surface area contributed by atoms with E-state index in [1.54, 1.807) is 12.3 Å². The fraction of sp³-hybridized carbons (Fsp3) is 0.219. The Morgan fingerprint density at radius 2 is 1.93 bits per heavy atom. The third-order valence-electron chi connectivity index (χ3n) is 8.00. The van der Waals surface area contributed by atoms with Crippen molar-refractivity contribution < 1.29 is 0 Å². The van der Waals surface area contributed by atoms with Crippen LogP contribution in [0.5, 0.6) is 0 Å². The monoisotopic (exact) mass is 572 g/mol. The zero-order valence-corrected chi connectivity index (χ0v) is 24.2. The molecule has 2 heterocycles. The maximum Gasteiger partial charge on any atom is 0.148 e. The summed E-state index contributed by atoms with van der Waals surface area (Å²) >= 11 is 6.87. The van der Waals surface area contributed by atoms with Crippen LogP contribution in [0.1, 0.15) is 54.5 Å². The molecule has 0 bridgehead atoms. The van der Waals surface area contributed by atoms with Crippen molar-refractivity contribution in [2.24, 2.45) is 0 Å². The van der Waals surface area contributed by atoms with Crippen LogP contribution in [-0.2, 0) is 5.44 Å². The summed E-state index contributed by atoms with van der Waals surface area (Å²) in [7, 11) is 2.07. The fourth-order valence-corrected chi connectivity index (χ4v) is 5.74. The molecule has 0 spiro atoms. The fourth-order valence-electron chi connectivity index (χ4n) is 5.47. The first-order valence-corrected chi connectivity index (χ1v) is 14.5. The molecule has 1 unspecified atom stereocenters. The topological polar surface area (TPSA) is 112 Å². The number of hydrogen-bond acceptors (Lipinski definition) is 8. The Balaban J connectivity index is 1.45. The highest BCUT2D eigenvalue weighted by molar-refractivity contribution is 6.36. The number of anilines is 2. The highest BCUT2D eigenvalue weighted by Gasteiger charge is 2.38. The number of aromatic nitrogens is 1. The van der Waals surface area contributed by atoms with Crippen molar-refractivity contribution in [2.45, 2.75) is 43.7 Å². The van der Waals surface area contributed by atoms with Gasteiger partial charge in [0.25, 0.3) is 0 Å². The van der Waals surface area contributed by atoms with Gasteiger partial charge in [0.15, 0.2) is 0 Å². The SMILES string of the molecule is BC(Nc1cc(Cl)c2ncc(C#N)c(N[C@H](CC)c3ccccc3)c2c1)(C1=CN(C2CC2)NN1)c1cccc(C#N)c1. The predicted octanol–water partition coefficient (Wildman–Crippen LogP) is 5.42. The van der Waals surface area contributed by atoms with Gasteiger partial charge in [0, 0.05) is 29.5 Å². The Morgan fingerprint density at radius 3 is 2.64 bits per heavy atom. The Hall–Kier alpha value is -4.70. The van der Waals surface area contributed by atoms with E-state index in [1.165, 1.54) is 0 Å². The van der Waals surface area contributed by atoms with E-state index >= 15 is 0 Å². The Bertz CT molecular complexity index is 1760. The molecule has 1 saturated carbocycles. The van der Waals surface area contributed by atoms with Gasteiger partial charge in [-0.05, 0) is 54.7 Å². The minimum absolute atomic E-state index is 0.00870. The van der Waals surface area contributed by atoms with Crippen LogP contribution in [0.25, 0.3) is 10.9 Å². The van der Waals surface area contributed by atoms with E-state index in [1.807, 2.05) is 48.5 Å². The third-order valence-corrected chi connectivity index (χ3v) is 8.29. The smallest absolute Gasteiger partial charge is 0.148 e. The molecule has 2 atom stereocenters. The van der Waals surface area contributed by atoms with E-state index in [9.17, 15) is 10.5 Å². The molecule has 42 heavy (non-hydrogen) atoms. The number of fused-ring (bicyclic) bond motifs is 1. The third kappa shape index (κ3) is 5.21. The molecule has 3 aromatic carbocycles. The van der Waals surface area contributed by atoms with Crippen LogP contribution in [0.15, 0.2) is 84.8 Å². The van der Waals surface area contributed by atoms with Gasteiger partial charge in [0.2, 0.25) is 0 Å². The summed E-state index contributed by atoms with van der Waals surface area (Å²) in [6.45, 7) is 2.11. The van der Waals surface area contributed by atoms with Gasteiger partial charge in [0.1, 0.15) is 13.9 Å². The standard InChI is InChI=1S/C32H30BClN8/c1-2-28(21-8-4-3-5-9-21)38-30-22(17-36)18-37-31-26(30)14-24(15-27(31)34)39-32(33,23-10-6-7-20(13-23)16-35)29-19-42(41-40-29)25-11-12-25/h3-10,13-15,18-19,25,28,39-41H,2,11-12,33H2,1H3,(H,37,38)/t28-,32?/m1/s1. The van der Waals surface area contributed by atoms with E-state index in [4.69, 9.17) is 11.6 Å². The average molecular weight is 573 g/mol. The summed E-state index contributed by atoms with van der Waals surface area (Å²) in [5, 5.41) is 30.3. The van der Waals surface area contributed by atoms with Gasteiger partial charge >= 0.3 is 0 Å². The second-order valence-corrected chi connectivity index (χ2v) is 11.3. The molecule has 208 valence electrons. The number of rotatable bonds is 9. The number of nitrogens with one attached hydrogen (secondary N) is 4. The molecule has 1 aromatic heterocycles. The van der Waals surface area contributed by atoms with Crippen LogP contribution >= 0.6 is 11.6 Å². The molecule has 8 nitrogen and oxygen atoms in total. The molecule has 10 heteroatoms. The molecular weight excluding hydrogens is 543 g/mol. The van der Waals surface area contributed by atoms with Crippen LogP contribution < -0.4 is 21.6 Å². The molecule has 4 aromatic rings. The van der Waals surface area contributed by atoms with Crippen LogP contribution in [0.4, 0.5) is 11.4 Å². The van der Waals surface area contributed by atoms with Crippen molar-refractivity contribution in [1.82, 2.24) is 21.0 Å². The Morgan fingerprint density at radius 1 is 1.12 bits per heavy atom. The summed E-state index contributed by atoms with van der Waals surface area (Å²) in [4.78, 5) is 4.55. The number of hydrogen-bond donors (Lipinski definition) is 4. The zero-order valence-electron chi connectivity index (χ0n) is 23.4. The van der Waals surface area contributed by atoms with Crippen LogP contribution in [0, 0.1) is 22.7 Å². The highest BCUT2D eigenvalue weighted by Crippen LogP contribution is 2.39. The van der Waals surface area contributed by atoms with E-state index < -0.39 is 5.44 Å². The molecular formula is C32H30BClN8. The van der Waals surface area contributed by atoms with Gasteiger partial charge in [-0.25, -0.2) is 0 Å². The largest absolute Gasteiger partial charge is 0.378 e. The van der Waals surface area contributed by atoms with Crippen molar-refractivity contribution in [3.05, 3.63) is 112 Å². The van der Waals surface area contributed by atoms with Gasteiger partial charge in [-0.3, -0.25) is 9.99 Å². The van der Waals surface area contributed by atoms with Crippen molar-refractivity contribution in [3.63, 3.8) is 0 Å². The van der Waals surface area contributed by atoms with E-state index in [2.05, 4.69) is 76.8 Å². The van der Waals surface area contributed by atoms with Gasteiger partial charge in [-0.1, -0.05) is 61.0 Å². The molecule has 0 radical (unpaired) electrons. The first kappa shape index (κ1) is 27.5. The number of halogens is 1. The lowest BCUT2D eigenvalue weighted by molar-refractivity contribution is 0.260. The Kier molecular flexibility index (Phi) is 7.39. The van der Waals surface area contributed by atoms with Gasteiger partial charge in [0.05, 0.1) is 50.6 Å². The van der Waals surface area contributed by atoms with E-state index in [0.29, 0.717) is 33.4 Å². The van der Waals surface area contributed by atoms with Crippen molar-refractivity contribution >= 4 is 41.7 Å². The number of benzene rings is 3. The average Bonchev–Trinajstić information content (AvgIpc) is 3.75. The lowest BCUT2D eigenvalue weighted by Crippen LogP contribution is -2.45. The quantitative estimate of drug-likeness (QED) is 0.197. The summed E-state index contributed by atoms with van der Waals surface area (Å²) in [6.07, 6.45) is 6.75. The summed E-state index contributed by atoms with van der Waals surface area (Å²) in [5.74, 6) is 0. The first-order chi connectivity index (χ1) is 20.4. The van der Waals surface area contributed by atoms with Crippen molar-refractivity contribution in [1.29, 1.82) is 10.5 Å². The lowest BCUT2D eigenvalue weighted by atomic mass is 9.69. The normalized spacial score (nSPS) is 16.5. The first-order valence-electron chi connectivity index (χ1n) is 14.1. The zero-order chi connectivity index (χ0) is 29.3. The molecule has 0 amide bonds. The number of nitrogens with zero attached hydrogens (tertiary/aromatic N) is 4. The minimum atomic E-state index is -0.760. The molecule has 2 aliphatic rings. The molecule has 1 aliphatic heterocycles. The van der Waals surface area contributed by atoms with E-state index in [-0.39, 0.29) is 6.04 Å². The maximum atomic E-state index is 10.0. The molecule has 1 aliphatic carbocycles. The number of hydrazine groups is 2. The summed E-state index contributed by atoms with van der Waals surface area (Å²) in [6, 6.07) is 26.6. The van der Waals surface area contributed by atoms with Gasteiger partial charge < -0.3 is 16.1 Å². The molecule has 4 N–H and O–H groups in total. The van der Waals surface area contributed by atoms with Crippen molar-refractivity contribution in [3.8, 4) is 12.1 Å². The predicted molar refractivity (Wildman–Crippen MR) is 169 cm³/mol. The maximum absolute atomic E-state index is 10.0. The second kappa shape index (κ2) is 11.3. The van der Waals surface area contributed by atoms with E-state index in [0.717, 1.165) is 47.2 Å². The minimum Gasteiger partial charge on any atom is -0.378 e. The number of nitriles is 2. The van der Waals surface area contributed by atoms with Crippen LogP contribution in [-0.4, -0.2) is 23.9 Å². The summed E-state index contributed by atoms with van der Waals surface area (Å²) < 4.78 is 0. The van der Waals surface area contributed by atoms with Gasteiger partial charge in [-0.15, -0.1) is 5.53 Å². The van der Waals surface area contributed by atoms with Crippen LogP contribution in [0.2, 0.25) is 5.02 Å². The Labute approximate surface area is 251 Å². The van der Waals surface area contributed by atoms with Crippen LogP contribution in [0.3, 0.4) is 0 Å².